The molecule has 0 radical (unpaired) electrons. The zero-order valence-corrected chi connectivity index (χ0v) is 9.84. The van der Waals surface area contributed by atoms with Gasteiger partial charge in [-0.1, -0.05) is 23.7 Å². The van der Waals surface area contributed by atoms with Gasteiger partial charge in [-0.25, -0.2) is 4.39 Å². The molecule has 0 amide bonds. The number of hydrogen-bond acceptors (Lipinski definition) is 2. The normalized spacial score (nSPS) is 10.2. The van der Waals surface area contributed by atoms with Crippen molar-refractivity contribution in [1.82, 2.24) is 0 Å². The molecule has 3 N–H and O–H groups in total. The molecule has 0 aliphatic carbocycles. The van der Waals surface area contributed by atoms with Crippen LogP contribution in [0.1, 0.15) is 5.56 Å². The minimum absolute atomic E-state index is 0.243. The minimum atomic E-state index is -0.243. The van der Waals surface area contributed by atoms with Crippen molar-refractivity contribution in [1.29, 1.82) is 0 Å². The largest absolute Gasteiger partial charge is 0.399 e. The summed E-state index contributed by atoms with van der Waals surface area (Å²) in [7, 11) is 0. The maximum absolute atomic E-state index is 13.0. The van der Waals surface area contributed by atoms with Crippen LogP contribution in [0.15, 0.2) is 42.5 Å². The topological polar surface area (TPSA) is 38.0 Å². The standard InChI is InChI=1S/C13H12ClFN2/c14-12-7-11(16)4-5-13(12)17-8-9-2-1-3-10(15)6-9/h1-7,17H,8,16H2. The Labute approximate surface area is 104 Å². The Morgan fingerprint density at radius 3 is 2.71 bits per heavy atom. The molecule has 0 spiro atoms. The highest BCUT2D eigenvalue weighted by atomic mass is 35.5. The second-order valence-electron chi connectivity index (χ2n) is 3.72. The van der Waals surface area contributed by atoms with E-state index in [1.165, 1.54) is 12.1 Å². The van der Waals surface area contributed by atoms with E-state index >= 15 is 0 Å². The average molecular weight is 251 g/mol. The van der Waals surface area contributed by atoms with E-state index in [-0.39, 0.29) is 5.82 Å². The zero-order chi connectivity index (χ0) is 12.3. The van der Waals surface area contributed by atoms with Crippen molar-refractivity contribution in [3.05, 3.63) is 58.9 Å². The molecule has 0 fully saturated rings. The van der Waals surface area contributed by atoms with Gasteiger partial charge >= 0.3 is 0 Å². The maximum atomic E-state index is 13.0. The molecule has 2 aromatic rings. The van der Waals surface area contributed by atoms with Crippen LogP contribution in [0.4, 0.5) is 15.8 Å². The van der Waals surface area contributed by atoms with Gasteiger partial charge in [-0.05, 0) is 35.9 Å². The lowest BCUT2D eigenvalue weighted by Gasteiger charge is -2.09. The lowest BCUT2D eigenvalue weighted by molar-refractivity contribution is 0.626. The highest BCUT2D eigenvalue weighted by molar-refractivity contribution is 6.33. The predicted molar refractivity (Wildman–Crippen MR) is 69.6 cm³/mol. The quantitative estimate of drug-likeness (QED) is 0.816. The summed E-state index contributed by atoms with van der Waals surface area (Å²) in [4.78, 5) is 0. The lowest BCUT2D eigenvalue weighted by Crippen LogP contribution is -2.00. The summed E-state index contributed by atoms with van der Waals surface area (Å²) in [5.74, 6) is -0.243. The Morgan fingerprint density at radius 2 is 2.00 bits per heavy atom. The molecule has 0 aliphatic rings. The first-order valence-electron chi connectivity index (χ1n) is 5.18. The highest BCUT2D eigenvalue weighted by Crippen LogP contribution is 2.24. The van der Waals surface area contributed by atoms with Crippen molar-refractivity contribution >= 4 is 23.0 Å². The molecule has 0 saturated heterocycles. The number of anilines is 2. The van der Waals surface area contributed by atoms with Crippen LogP contribution in [0.2, 0.25) is 5.02 Å². The van der Waals surface area contributed by atoms with Crippen LogP contribution in [0, 0.1) is 5.82 Å². The Bertz CT molecular complexity index is 529. The number of halogens is 2. The summed E-state index contributed by atoms with van der Waals surface area (Å²) in [5.41, 5.74) is 7.85. The van der Waals surface area contributed by atoms with Gasteiger partial charge in [0.15, 0.2) is 0 Å². The first-order chi connectivity index (χ1) is 8.15. The molecule has 0 atom stereocenters. The summed E-state index contributed by atoms with van der Waals surface area (Å²) < 4.78 is 13.0. The molecular weight excluding hydrogens is 239 g/mol. The molecule has 4 heteroatoms. The van der Waals surface area contributed by atoms with Crippen molar-refractivity contribution in [2.45, 2.75) is 6.54 Å². The molecule has 88 valence electrons. The zero-order valence-electron chi connectivity index (χ0n) is 9.08. The van der Waals surface area contributed by atoms with E-state index in [9.17, 15) is 4.39 Å². The van der Waals surface area contributed by atoms with Crippen molar-refractivity contribution in [2.24, 2.45) is 0 Å². The van der Waals surface area contributed by atoms with E-state index < -0.39 is 0 Å². The van der Waals surface area contributed by atoms with Gasteiger partial charge in [-0.2, -0.15) is 0 Å². The van der Waals surface area contributed by atoms with Crippen LogP contribution >= 0.6 is 11.6 Å². The number of benzene rings is 2. The van der Waals surface area contributed by atoms with E-state index in [0.29, 0.717) is 17.3 Å². The van der Waals surface area contributed by atoms with Gasteiger partial charge in [0.05, 0.1) is 10.7 Å². The molecule has 0 unspecified atom stereocenters. The third-order valence-corrected chi connectivity index (χ3v) is 2.68. The fourth-order valence-electron chi connectivity index (χ4n) is 1.52. The summed E-state index contributed by atoms with van der Waals surface area (Å²) in [6.45, 7) is 0.515. The third kappa shape index (κ3) is 3.11. The van der Waals surface area contributed by atoms with Crippen LogP contribution in [-0.2, 0) is 6.54 Å². The summed E-state index contributed by atoms with van der Waals surface area (Å²) in [6.07, 6.45) is 0. The second kappa shape index (κ2) is 5.06. The van der Waals surface area contributed by atoms with Crippen LogP contribution in [-0.4, -0.2) is 0 Å². The van der Waals surface area contributed by atoms with E-state index in [1.807, 2.05) is 6.07 Å². The number of nitrogen functional groups attached to an aromatic ring is 1. The summed E-state index contributed by atoms with van der Waals surface area (Å²) >= 11 is 6.01. The SMILES string of the molecule is Nc1ccc(NCc2cccc(F)c2)c(Cl)c1. The molecule has 0 aromatic heterocycles. The first-order valence-corrected chi connectivity index (χ1v) is 5.56. The van der Waals surface area contributed by atoms with Gasteiger partial charge in [-0.3, -0.25) is 0 Å². The number of nitrogens with one attached hydrogen (secondary N) is 1. The van der Waals surface area contributed by atoms with Crippen LogP contribution in [0.5, 0.6) is 0 Å². The molecule has 2 nitrogen and oxygen atoms in total. The number of rotatable bonds is 3. The van der Waals surface area contributed by atoms with E-state index in [2.05, 4.69) is 5.32 Å². The van der Waals surface area contributed by atoms with Crippen LogP contribution < -0.4 is 11.1 Å². The van der Waals surface area contributed by atoms with Crippen molar-refractivity contribution in [2.75, 3.05) is 11.1 Å². The Kier molecular flexibility index (Phi) is 3.49. The summed E-state index contributed by atoms with van der Waals surface area (Å²) in [6, 6.07) is 11.7. The van der Waals surface area contributed by atoms with Gasteiger partial charge in [-0.15, -0.1) is 0 Å². The minimum Gasteiger partial charge on any atom is -0.399 e. The van der Waals surface area contributed by atoms with Crippen LogP contribution in [0.25, 0.3) is 0 Å². The Balaban J connectivity index is 2.07. The van der Waals surface area contributed by atoms with E-state index in [0.717, 1.165) is 11.3 Å². The van der Waals surface area contributed by atoms with E-state index in [4.69, 9.17) is 17.3 Å². The highest BCUT2D eigenvalue weighted by Gasteiger charge is 2.01. The molecule has 0 heterocycles. The van der Waals surface area contributed by atoms with Gasteiger partial charge in [0.1, 0.15) is 5.82 Å². The molecular formula is C13H12ClFN2. The Hall–Kier alpha value is -1.74. The third-order valence-electron chi connectivity index (χ3n) is 2.37. The second-order valence-corrected chi connectivity index (χ2v) is 4.13. The Morgan fingerprint density at radius 1 is 1.18 bits per heavy atom. The number of hydrogen-bond donors (Lipinski definition) is 2. The fraction of sp³-hybridized carbons (Fsp3) is 0.0769. The number of nitrogens with two attached hydrogens (primary N) is 1. The van der Waals surface area contributed by atoms with Crippen molar-refractivity contribution < 1.29 is 4.39 Å². The smallest absolute Gasteiger partial charge is 0.123 e. The van der Waals surface area contributed by atoms with Gasteiger partial charge < -0.3 is 11.1 Å². The molecule has 0 aliphatic heterocycles. The molecule has 0 saturated carbocycles. The molecule has 2 rings (SSSR count). The van der Waals surface area contributed by atoms with Crippen LogP contribution in [0.3, 0.4) is 0 Å². The average Bonchev–Trinajstić information content (AvgIpc) is 2.28. The molecule has 2 aromatic carbocycles. The van der Waals surface area contributed by atoms with Gasteiger partial charge in [0, 0.05) is 12.2 Å². The summed E-state index contributed by atoms with van der Waals surface area (Å²) in [5, 5.41) is 3.69. The van der Waals surface area contributed by atoms with Crippen molar-refractivity contribution in [3.8, 4) is 0 Å². The first kappa shape index (κ1) is 11.7. The molecule has 0 bridgehead atoms. The van der Waals surface area contributed by atoms with Gasteiger partial charge in [0.25, 0.3) is 0 Å². The van der Waals surface area contributed by atoms with Gasteiger partial charge in [0.2, 0.25) is 0 Å². The van der Waals surface area contributed by atoms with Crippen molar-refractivity contribution in [3.63, 3.8) is 0 Å². The predicted octanol–water partition coefficient (Wildman–Crippen LogP) is 3.67. The fourth-order valence-corrected chi connectivity index (χ4v) is 1.77. The monoisotopic (exact) mass is 250 g/mol. The maximum Gasteiger partial charge on any atom is 0.123 e. The van der Waals surface area contributed by atoms with E-state index in [1.54, 1.807) is 24.3 Å². The lowest BCUT2D eigenvalue weighted by atomic mass is 10.2. The molecule has 17 heavy (non-hydrogen) atoms.